The van der Waals surface area contributed by atoms with E-state index in [1.807, 2.05) is 0 Å². The van der Waals surface area contributed by atoms with Crippen molar-refractivity contribution in [1.82, 2.24) is 9.80 Å². The van der Waals surface area contributed by atoms with E-state index in [-0.39, 0.29) is 50.3 Å². The van der Waals surface area contributed by atoms with Gasteiger partial charge in [-0.3, -0.25) is 4.79 Å². The van der Waals surface area contributed by atoms with Gasteiger partial charge in [0.25, 0.3) is 0 Å². The predicted molar refractivity (Wildman–Crippen MR) is 136 cm³/mol. The first kappa shape index (κ1) is 27.0. The molecule has 1 unspecified atom stereocenters. The molecule has 10 heteroatoms. The van der Waals surface area contributed by atoms with E-state index >= 15 is 0 Å². The third-order valence-corrected chi connectivity index (χ3v) is 8.07. The molecule has 194 valence electrons. The van der Waals surface area contributed by atoms with Gasteiger partial charge in [0.15, 0.2) is 5.78 Å². The second-order valence-corrected chi connectivity index (χ2v) is 10.7. The number of rotatable bonds is 7. The maximum atomic E-state index is 13.5. The molecule has 0 radical (unpaired) electrons. The van der Waals surface area contributed by atoms with Gasteiger partial charge in [0.2, 0.25) is 0 Å². The Bertz CT molecular complexity index is 1160. The fourth-order valence-corrected chi connectivity index (χ4v) is 5.74. The second-order valence-electron chi connectivity index (χ2n) is 9.23. The Hall–Kier alpha value is -2.04. The molecule has 1 heterocycles. The number of aliphatic hydroxyl groups excluding tert-OH is 1. The molecule has 2 aliphatic rings. The topological polar surface area (TPSA) is 64.0 Å². The number of nitrogens with zero attached hydrogens (tertiary/aromatic N) is 2. The number of Topliss-reactive ketones (excluding diaryl/α,β-unsaturated/α-hetero) is 1. The number of carbonyl (C=O) groups excluding carboxylic acids is 1. The van der Waals surface area contributed by atoms with Crippen LogP contribution in [0, 0.1) is 0 Å². The average Bonchev–Trinajstić information content (AvgIpc) is 2.83. The van der Waals surface area contributed by atoms with Gasteiger partial charge in [0.05, 0.1) is 16.6 Å². The van der Waals surface area contributed by atoms with Gasteiger partial charge < -0.3 is 20.0 Å². The third-order valence-electron chi connectivity index (χ3n) is 6.56. The van der Waals surface area contributed by atoms with Crippen LogP contribution in [0.3, 0.4) is 0 Å². The number of likely N-dealkylation sites (N-methyl/N-ethyl adjacent to an activating group) is 1. The summed E-state index contributed by atoms with van der Waals surface area (Å²) in [5.41, 5.74) is 0.235. The highest BCUT2D eigenvalue weighted by Crippen LogP contribution is 2.44. The van der Waals surface area contributed by atoms with Crippen molar-refractivity contribution in [2.75, 3.05) is 45.5 Å². The zero-order chi connectivity index (χ0) is 26.0. The lowest BCUT2D eigenvalue weighted by Gasteiger charge is -2.32. The van der Waals surface area contributed by atoms with Crippen LogP contribution in [0.1, 0.15) is 28.7 Å². The van der Waals surface area contributed by atoms with Crippen molar-refractivity contribution >= 4 is 34.7 Å². The first-order chi connectivity index (χ1) is 17.0. The minimum Gasteiger partial charge on any atom is -0.507 e. The number of aliphatic hydroxyl groups is 1. The molecular formula is C26H28ClF3N2O3S. The zero-order valence-corrected chi connectivity index (χ0v) is 21.4. The van der Waals surface area contributed by atoms with E-state index in [0.29, 0.717) is 12.0 Å². The Morgan fingerprint density at radius 1 is 1.08 bits per heavy atom. The Labute approximate surface area is 217 Å². The summed E-state index contributed by atoms with van der Waals surface area (Å²) >= 11 is 7.26. The second kappa shape index (κ2) is 11.1. The molecule has 0 aromatic heterocycles. The Balaban J connectivity index is 1.64. The highest BCUT2D eigenvalue weighted by Gasteiger charge is 2.34. The number of alkyl halides is 3. The number of piperazine rings is 1. The molecule has 1 aliphatic carbocycles. The molecule has 2 aromatic rings. The lowest BCUT2D eigenvalue weighted by Crippen LogP contribution is -2.45. The van der Waals surface area contributed by atoms with E-state index < -0.39 is 17.8 Å². The largest absolute Gasteiger partial charge is 0.507 e. The van der Waals surface area contributed by atoms with E-state index in [0.717, 1.165) is 56.6 Å². The Kier molecular flexibility index (Phi) is 8.36. The summed E-state index contributed by atoms with van der Waals surface area (Å²) in [6.45, 7) is 4.52. The van der Waals surface area contributed by atoms with Crippen LogP contribution in [0.2, 0.25) is 5.02 Å². The van der Waals surface area contributed by atoms with E-state index in [1.54, 1.807) is 0 Å². The highest BCUT2D eigenvalue weighted by molar-refractivity contribution is 8.04. The zero-order valence-electron chi connectivity index (χ0n) is 19.8. The number of hydrogen-bond acceptors (Lipinski definition) is 6. The molecule has 4 rings (SSSR count). The maximum absolute atomic E-state index is 13.5. The molecule has 0 amide bonds. The van der Waals surface area contributed by atoms with E-state index in [1.165, 1.54) is 24.3 Å². The summed E-state index contributed by atoms with van der Waals surface area (Å²) in [5, 5.41) is 21.5. The molecule has 0 spiro atoms. The van der Waals surface area contributed by atoms with Crippen LogP contribution in [0.4, 0.5) is 13.2 Å². The molecule has 36 heavy (non-hydrogen) atoms. The third kappa shape index (κ3) is 6.26. The van der Waals surface area contributed by atoms with Crippen molar-refractivity contribution in [1.29, 1.82) is 0 Å². The van der Waals surface area contributed by atoms with Crippen LogP contribution >= 0.6 is 23.4 Å². The fourth-order valence-electron chi connectivity index (χ4n) is 4.45. The van der Waals surface area contributed by atoms with Crippen LogP contribution in [-0.4, -0.2) is 77.4 Å². The van der Waals surface area contributed by atoms with E-state index in [4.69, 9.17) is 11.6 Å². The molecule has 5 nitrogen and oxygen atoms in total. The van der Waals surface area contributed by atoms with Gasteiger partial charge in [0.1, 0.15) is 5.75 Å². The van der Waals surface area contributed by atoms with Crippen LogP contribution in [0.5, 0.6) is 5.75 Å². The van der Waals surface area contributed by atoms with Gasteiger partial charge in [-0.05, 0) is 54.9 Å². The SMILES string of the molecule is CN1CCN(CCC(O)CSC2=C(c3cc(Cl)ccc3O)c3cc(C(F)(F)F)ccc3CC2=O)CC1. The first-order valence-electron chi connectivity index (χ1n) is 11.7. The number of fused-ring (bicyclic) bond motifs is 1. The van der Waals surface area contributed by atoms with Gasteiger partial charge in [-0.1, -0.05) is 17.7 Å². The number of halogens is 4. The number of thioether (sulfide) groups is 1. The number of phenols is 1. The molecule has 1 fully saturated rings. The molecular weight excluding hydrogens is 513 g/mol. The van der Waals surface area contributed by atoms with Gasteiger partial charge in [-0.2, -0.15) is 13.2 Å². The van der Waals surface area contributed by atoms with Crippen molar-refractivity contribution in [3.05, 3.63) is 68.6 Å². The number of aromatic hydroxyl groups is 1. The molecule has 2 aromatic carbocycles. The molecule has 1 aliphatic heterocycles. The van der Waals surface area contributed by atoms with Crippen molar-refractivity contribution in [2.24, 2.45) is 0 Å². The molecule has 1 atom stereocenters. The summed E-state index contributed by atoms with van der Waals surface area (Å²) in [7, 11) is 2.07. The van der Waals surface area contributed by atoms with Crippen molar-refractivity contribution in [3.8, 4) is 5.75 Å². The fraction of sp³-hybridized carbons (Fsp3) is 0.423. The summed E-state index contributed by atoms with van der Waals surface area (Å²) in [6, 6.07) is 7.55. The number of carbonyl (C=O) groups is 1. The lowest BCUT2D eigenvalue weighted by atomic mass is 9.84. The summed E-state index contributed by atoms with van der Waals surface area (Å²) in [4.78, 5) is 17.9. The number of benzene rings is 2. The number of allylic oxidation sites excluding steroid dienone is 1. The number of hydrogen-bond donors (Lipinski definition) is 2. The monoisotopic (exact) mass is 540 g/mol. The van der Waals surface area contributed by atoms with Crippen LogP contribution in [0.15, 0.2) is 41.3 Å². The summed E-state index contributed by atoms with van der Waals surface area (Å²) < 4.78 is 40.6. The van der Waals surface area contributed by atoms with Crippen LogP contribution in [-0.2, 0) is 17.4 Å². The standard InChI is InChI=1S/C26H28ClF3N2O3S/c1-31-8-10-32(11-9-31)7-6-19(33)15-36-25-23(35)12-16-2-3-17(26(28,29)30)13-20(16)24(25)21-14-18(27)4-5-22(21)34/h2-5,13-14,19,33-34H,6-12,15H2,1H3. The first-order valence-corrected chi connectivity index (χ1v) is 13.1. The van der Waals surface area contributed by atoms with Gasteiger partial charge >= 0.3 is 6.18 Å². The normalized spacial score (nSPS) is 18.4. The van der Waals surface area contributed by atoms with E-state index in [9.17, 15) is 28.2 Å². The van der Waals surface area contributed by atoms with Crippen molar-refractivity contribution in [3.63, 3.8) is 0 Å². The van der Waals surface area contributed by atoms with Gasteiger partial charge in [-0.15, -0.1) is 11.8 Å². The average molecular weight is 541 g/mol. The highest BCUT2D eigenvalue weighted by atomic mass is 35.5. The Morgan fingerprint density at radius 2 is 1.81 bits per heavy atom. The minimum atomic E-state index is -4.56. The molecule has 1 saturated heterocycles. The van der Waals surface area contributed by atoms with Crippen LogP contribution in [0.25, 0.3) is 5.57 Å². The molecule has 2 N–H and O–H groups in total. The summed E-state index contributed by atoms with van der Waals surface area (Å²) in [5.74, 6) is -0.261. The quantitative estimate of drug-likeness (QED) is 0.532. The Morgan fingerprint density at radius 3 is 2.50 bits per heavy atom. The summed E-state index contributed by atoms with van der Waals surface area (Å²) in [6.07, 6.45) is -4.81. The van der Waals surface area contributed by atoms with Crippen molar-refractivity contribution < 1.29 is 28.2 Å². The number of phenolic OH excluding ortho intramolecular Hbond substituents is 1. The predicted octanol–water partition coefficient (Wildman–Crippen LogP) is 4.68. The molecule has 0 bridgehead atoms. The maximum Gasteiger partial charge on any atom is 0.416 e. The van der Waals surface area contributed by atoms with Gasteiger partial charge in [0, 0.05) is 61.1 Å². The van der Waals surface area contributed by atoms with Crippen molar-refractivity contribution in [2.45, 2.75) is 25.1 Å². The minimum absolute atomic E-state index is 0.0575. The lowest BCUT2D eigenvalue weighted by molar-refractivity contribution is -0.137. The number of ketones is 1. The van der Waals surface area contributed by atoms with Crippen LogP contribution < -0.4 is 0 Å². The van der Waals surface area contributed by atoms with Gasteiger partial charge in [-0.25, -0.2) is 0 Å². The smallest absolute Gasteiger partial charge is 0.416 e. The molecule has 0 saturated carbocycles. The van der Waals surface area contributed by atoms with E-state index in [2.05, 4.69) is 16.8 Å².